The molecular weight excluding hydrogens is 458 g/mol. The number of aliphatic carboxylic acids is 1. The van der Waals surface area contributed by atoms with Gasteiger partial charge < -0.3 is 24.2 Å². The Hall–Kier alpha value is -4.00. The molecule has 1 aliphatic rings. The molecule has 0 saturated carbocycles. The van der Waals surface area contributed by atoms with Gasteiger partial charge in [-0.05, 0) is 67.1 Å². The van der Waals surface area contributed by atoms with Crippen molar-refractivity contribution in [1.82, 2.24) is 4.90 Å². The van der Waals surface area contributed by atoms with Gasteiger partial charge in [0.25, 0.3) is 5.91 Å². The lowest BCUT2D eigenvalue weighted by Gasteiger charge is -2.37. The zero-order chi connectivity index (χ0) is 25.7. The third kappa shape index (κ3) is 5.62. The lowest BCUT2D eigenvalue weighted by Crippen LogP contribution is -2.44. The summed E-state index contributed by atoms with van der Waals surface area (Å²) in [4.78, 5) is 26.7. The zero-order valence-electron chi connectivity index (χ0n) is 20.8. The van der Waals surface area contributed by atoms with Gasteiger partial charge in [0.05, 0.1) is 14.2 Å². The number of ether oxygens (including phenoxy) is 3. The Morgan fingerprint density at radius 1 is 0.972 bits per heavy atom. The molecular formula is C29H31NO6. The van der Waals surface area contributed by atoms with Gasteiger partial charge in [-0.15, -0.1) is 0 Å². The molecule has 36 heavy (non-hydrogen) atoms. The van der Waals surface area contributed by atoms with Gasteiger partial charge in [0.15, 0.2) is 6.61 Å². The first-order valence-corrected chi connectivity index (χ1v) is 11.9. The number of aryl methyl sites for hydroxylation is 1. The average Bonchev–Trinajstić information content (AvgIpc) is 2.90. The molecule has 1 heterocycles. The van der Waals surface area contributed by atoms with Gasteiger partial charge in [0, 0.05) is 23.7 Å². The van der Waals surface area contributed by atoms with E-state index in [9.17, 15) is 9.59 Å². The first kappa shape index (κ1) is 25.1. The number of hydrogen-bond donors (Lipinski definition) is 1. The van der Waals surface area contributed by atoms with Crippen LogP contribution in [0.15, 0.2) is 60.7 Å². The molecule has 188 valence electrons. The van der Waals surface area contributed by atoms with Crippen molar-refractivity contribution in [2.24, 2.45) is 0 Å². The topological polar surface area (TPSA) is 85.3 Å². The second-order valence-electron chi connectivity index (χ2n) is 8.93. The van der Waals surface area contributed by atoms with E-state index < -0.39 is 12.6 Å². The number of amides is 1. The standard InChI is InChI=1S/C29H31NO6/c1-19-26(34-2)15-22(16-27(19)35-3)29(33)30-17-23-14-25(36-18-28(31)32)12-10-21(23)13-24(30)11-9-20-7-5-4-6-8-20/h4-8,10,12,14-16,24H,9,11,13,17-18H2,1-3H3,(H,31,32). The quantitative estimate of drug-likeness (QED) is 0.470. The summed E-state index contributed by atoms with van der Waals surface area (Å²) in [6.45, 7) is 1.88. The van der Waals surface area contributed by atoms with Crippen molar-refractivity contribution < 1.29 is 28.9 Å². The number of hydrogen-bond acceptors (Lipinski definition) is 5. The SMILES string of the molecule is COc1cc(C(=O)N2Cc3cc(OCC(=O)O)ccc3CC2CCc2ccccc2)cc(OC)c1C. The molecule has 7 nitrogen and oxygen atoms in total. The molecule has 1 N–H and O–H groups in total. The number of rotatable bonds is 9. The number of benzene rings is 3. The third-order valence-corrected chi connectivity index (χ3v) is 6.65. The number of fused-ring (bicyclic) bond motifs is 1. The molecule has 1 amide bonds. The Balaban J connectivity index is 1.65. The normalized spacial score (nSPS) is 14.6. The Morgan fingerprint density at radius 2 is 1.67 bits per heavy atom. The van der Waals surface area contributed by atoms with Crippen molar-refractivity contribution in [2.45, 2.75) is 38.8 Å². The number of methoxy groups -OCH3 is 2. The van der Waals surface area contributed by atoms with Crippen LogP contribution in [0.5, 0.6) is 17.2 Å². The molecule has 0 fully saturated rings. The van der Waals surface area contributed by atoms with Crippen LogP contribution in [0.3, 0.4) is 0 Å². The summed E-state index contributed by atoms with van der Waals surface area (Å²) in [5.41, 5.74) is 4.65. The van der Waals surface area contributed by atoms with Crippen molar-refractivity contribution >= 4 is 11.9 Å². The summed E-state index contributed by atoms with van der Waals surface area (Å²) < 4.78 is 16.4. The Labute approximate surface area is 211 Å². The van der Waals surface area contributed by atoms with E-state index in [0.29, 0.717) is 35.8 Å². The number of carbonyl (C=O) groups is 2. The predicted octanol–water partition coefficient (Wildman–Crippen LogP) is 4.68. The van der Waals surface area contributed by atoms with Crippen LogP contribution in [-0.2, 0) is 24.2 Å². The largest absolute Gasteiger partial charge is 0.496 e. The van der Waals surface area contributed by atoms with Crippen LogP contribution >= 0.6 is 0 Å². The fraction of sp³-hybridized carbons (Fsp3) is 0.310. The number of carbonyl (C=O) groups excluding carboxylic acids is 1. The van der Waals surface area contributed by atoms with Crippen LogP contribution in [0.25, 0.3) is 0 Å². The fourth-order valence-electron chi connectivity index (χ4n) is 4.71. The smallest absolute Gasteiger partial charge is 0.341 e. The Kier molecular flexibility index (Phi) is 7.78. The van der Waals surface area contributed by atoms with E-state index in [2.05, 4.69) is 12.1 Å². The van der Waals surface area contributed by atoms with Gasteiger partial charge in [0.2, 0.25) is 0 Å². The van der Waals surface area contributed by atoms with Crippen LogP contribution in [0.2, 0.25) is 0 Å². The van der Waals surface area contributed by atoms with Crippen LogP contribution in [-0.4, -0.2) is 48.8 Å². The molecule has 3 aromatic carbocycles. The number of carboxylic acids is 1. The highest BCUT2D eigenvalue weighted by atomic mass is 16.5. The van der Waals surface area contributed by atoms with Gasteiger partial charge in [-0.2, -0.15) is 0 Å². The highest BCUT2D eigenvalue weighted by Crippen LogP contribution is 2.33. The van der Waals surface area contributed by atoms with Crippen molar-refractivity contribution in [3.8, 4) is 17.2 Å². The van der Waals surface area contributed by atoms with Crippen molar-refractivity contribution in [3.63, 3.8) is 0 Å². The van der Waals surface area contributed by atoms with E-state index in [4.69, 9.17) is 19.3 Å². The number of nitrogens with zero attached hydrogens (tertiary/aromatic N) is 1. The molecule has 7 heteroatoms. The summed E-state index contributed by atoms with van der Waals surface area (Å²) in [5, 5.41) is 8.95. The minimum atomic E-state index is -1.03. The van der Waals surface area contributed by atoms with E-state index in [1.165, 1.54) is 5.56 Å². The van der Waals surface area contributed by atoms with E-state index in [1.807, 2.05) is 42.2 Å². The Bertz CT molecular complexity index is 1210. The maximum absolute atomic E-state index is 13.9. The van der Waals surface area contributed by atoms with Gasteiger partial charge in [0.1, 0.15) is 17.2 Å². The molecule has 3 aromatic rings. The zero-order valence-corrected chi connectivity index (χ0v) is 20.8. The van der Waals surface area contributed by atoms with Gasteiger partial charge in [-0.25, -0.2) is 4.79 Å². The van der Waals surface area contributed by atoms with Crippen molar-refractivity contribution in [2.75, 3.05) is 20.8 Å². The molecule has 0 bridgehead atoms. The first-order valence-electron chi connectivity index (χ1n) is 11.9. The monoisotopic (exact) mass is 489 g/mol. The summed E-state index contributed by atoms with van der Waals surface area (Å²) in [7, 11) is 3.16. The summed E-state index contributed by atoms with van der Waals surface area (Å²) in [6.07, 6.45) is 2.37. The molecule has 1 atom stereocenters. The van der Waals surface area contributed by atoms with Crippen LogP contribution in [0.1, 0.15) is 39.0 Å². The second kappa shape index (κ2) is 11.2. The van der Waals surface area contributed by atoms with E-state index in [0.717, 1.165) is 29.5 Å². The summed E-state index contributed by atoms with van der Waals surface area (Å²) in [5.74, 6) is 0.533. The van der Waals surface area contributed by atoms with E-state index in [1.54, 1.807) is 32.4 Å². The maximum atomic E-state index is 13.9. The maximum Gasteiger partial charge on any atom is 0.341 e. The lowest BCUT2D eigenvalue weighted by atomic mass is 9.89. The van der Waals surface area contributed by atoms with Crippen LogP contribution in [0.4, 0.5) is 0 Å². The molecule has 0 aromatic heterocycles. The van der Waals surface area contributed by atoms with E-state index in [-0.39, 0.29) is 11.9 Å². The third-order valence-electron chi connectivity index (χ3n) is 6.65. The van der Waals surface area contributed by atoms with Gasteiger partial charge >= 0.3 is 5.97 Å². The van der Waals surface area contributed by atoms with Crippen LogP contribution < -0.4 is 14.2 Å². The minimum absolute atomic E-state index is 0.00529. The van der Waals surface area contributed by atoms with Gasteiger partial charge in [-0.1, -0.05) is 36.4 Å². The highest BCUT2D eigenvalue weighted by Gasteiger charge is 2.31. The average molecular weight is 490 g/mol. The molecule has 0 spiro atoms. The first-order chi connectivity index (χ1) is 17.4. The summed E-state index contributed by atoms with van der Waals surface area (Å²) in [6, 6.07) is 19.4. The van der Waals surface area contributed by atoms with E-state index >= 15 is 0 Å². The molecule has 0 radical (unpaired) electrons. The molecule has 0 saturated heterocycles. The molecule has 1 unspecified atom stereocenters. The van der Waals surface area contributed by atoms with Gasteiger partial charge in [-0.3, -0.25) is 4.79 Å². The summed E-state index contributed by atoms with van der Waals surface area (Å²) >= 11 is 0. The lowest BCUT2D eigenvalue weighted by molar-refractivity contribution is -0.139. The molecule has 4 rings (SSSR count). The number of carboxylic acid groups (broad SMARTS) is 1. The second-order valence-corrected chi connectivity index (χ2v) is 8.93. The molecule has 1 aliphatic heterocycles. The predicted molar refractivity (Wildman–Crippen MR) is 136 cm³/mol. The van der Waals surface area contributed by atoms with Crippen molar-refractivity contribution in [3.05, 3.63) is 88.5 Å². The van der Waals surface area contributed by atoms with Crippen molar-refractivity contribution in [1.29, 1.82) is 0 Å². The highest BCUT2D eigenvalue weighted by molar-refractivity contribution is 5.95. The Morgan fingerprint density at radius 3 is 2.31 bits per heavy atom. The molecule has 0 aliphatic carbocycles. The minimum Gasteiger partial charge on any atom is -0.496 e. The van der Waals surface area contributed by atoms with Crippen LogP contribution in [0, 0.1) is 6.92 Å². The fourth-order valence-corrected chi connectivity index (χ4v) is 4.71.